The lowest BCUT2D eigenvalue weighted by Crippen LogP contribution is -2.47. The Morgan fingerprint density at radius 1 is 1.09 bits per heavy atom. The van der Waals surface area contributed by atoms with Crippen molar-refractivity contribution in [2.75, 3.05) is 12.4 Å². The predicted molar refractivity (Wildman–Crippen MR) is 128 cm³/mol. The Morgan fingerprint density at radius 3 is 2.44 bits per heavy atom. The molecule has 2 amide bonds. The number of carbonyl (C=O) groups is 2. The Hall–Kier alpha value is -2.68. The molecule has 7 nitrogen and oxygen atoms in total. The Morgan fingerprint density at radius 2 is 1.81 bits per heavy atom. The molecule has 0 radical (unpaired) electrons. The Bertz CT molecular complexity index is 1100. The van der Waals surface area contributed by atoms with Gasteiger partial charge in [-0.25, -0.2) is 0 Å². The van der Waals surface area contributed by atoms with E-state index in [1.165, 1.54) is 17.4 Å². The van der Waals surface area contributed by atoms with E-state index in [4.69, 9.17) is 27.9 Å². The molecule has 2 N–H and O–H groups in total. The summed E-state index contributed by atoms with van der Waals surface area (Å²) >= 11 is 13.2. The minimum atomic E-state index is -0.768. The van der Waals surface area contributed by atoms with Crippen molar-refractivity contribution in [3.63, 3.8) is 0 Å². The van der Waals surface area contributed by atoms with Crippen LogP contribution in [0.25, 0.3) is 10.6 Å². The molecule has 2 aromatic carbocycles. The number of hydrogen-bond acceptors (Lipinski definition) is 6. The van der Waals surface area contributed by atoms with Crippen LogP contribution in [0, 0.1) is 5.92 Å². The molecule has 0 spiro atoms. The Balaban J connectivity index is 1.72. The summed E-state index contributed by atoms with van der Waals surface area (Å²) in [4.78, 5) is 25.7. The van der Waals surface area contributed by atoms with E-state index in [-0.39, 0.29) is 16.8 Å². The number of methoxy groups -OCH3 is 1. The monoisotopic (exact) mass is 492 g/mol. The lowest BCUT2D eigenvalue weighted by Gasteiger charge is -2.23. The molecule has 2 atom stereocenters. The maximum atomic E-state index is 13.0. The maximum absolute atomic E-state index is 13.0. The summed E-state index contributed by atoms with van der Waals surface area (Å²) in [6, 6.07) is 11.2. The molecule has 0 fully saturated rings. The number of aromatic nitrogens is 2. The standard InChI is InChI=1S/C22H22Cl2N4O3S/c1-4-12(2)18(25-19(29)14-7-10-16(23)17(24)11-14)20(30)26-22-28-27-21(32-22)13-5-8-15(31-3)9-6-13/h5-12,18H,4H2,1-3H3,(H,25,29)(H,26,28,30). The number of rotatable bonds is 8. The molecule has 1 heterocycles. The molecule has 3 aromatic rings. The van der Waals surface area contributed by atoms with E-state index < -0.39 is 11.9 Å². The van der Waals surface area contributed by atoms with Crippen molar-refractivity contribution in [3.05, 3.63) is 58.1 Å². The van der Waals surface area contributed by atoms with Crippen LogP contribution in [-0.2, 0) is 4.79 Å². The third kappa shape index (κ3) is 5.76. The van der Waals surface area contributed by atoms with Gasteiger partial charge in [0, 0.05) is 11.1 Å². The molecule has 0 bridgehead atoms. The van der Waals surface area contributed by atoms with Crippen molar-refractivity contribution in [1.82, 2.24) is 15.5 Å². The number of hydrogen-bond donors (Lipinski definition) is 2. The predicted octanol–water partition coefficient (Wildman–Crippen LogP) is 5.30. The number of ether oxygens (including phenoxy) is 1. The summed E-state index contributed by atoms with van der Waals surface area (Å²) in [5.41, 5.74) is 1.17. The van der Waals surface area contributed by atoms with Gasteiger partial charge in [-0.3, -0.25) is 14.9 Å². The first-order chi connectivity index (χ1) is 15.3. The number of carbonyl (C=O) groups excluding carboxylic acids is 2. The summed E-state index contributed by atoms with van der Waals surface area (Å²) in [5, 5.41) is 15.4. The number of halogens is 2. The molecular formula is C22H22Cl2N4O3S. The van der Waals surface area contributed by atoms with Crippen LogP contribution < -0.4 is 15.4 Å². The second-order valence-electron chi connectivity index (χ2n) is 7.10. The zero-order valence-corrected chi connectivity index (χ0v) is 20.0. The molecule has 0 aliphatic carbocycles. The summed E-state index contributed by atoms with van der Waals surface area (Å²) in [6.45, 7) is 3.84. The number of benzene rings is 2. The number of anilines is 1. The van der Waals surface area contributed by atoms with Gasteiger partial charge < -0.3 is 10.1 Å². The van der Waals surface area contributed by atoms with Crippen LogP contribution in [0.15, 0.2) is 42.5 Å². The van der Waals surface area contributed by atoms with E-state index >= 15 is 0 Å². The van der Waals surface area contributed by atoms with E-state index in [9.17, 15) is 9.59 Å². The van der Waals surface area contributed by atoms with Gasteiger partial charge in [0.15, 0.2) is 0 Å². The third-order valence-corrected chi connectivity index (χ3v) is 6.58. The van der Waals surface area contributed by atoms with Crippen molar-refractivity contribution in [3.8, 4) is 16.3 Å². The average Bonchev–Trinajstić information content (AvgIpc) is 3.26. The minimum Gasteiger partial charge on any atom is -0.497 e. The van der Waals surface area contributed by atoms with Gasteiger partial charge in [-0.2, -0.15) is 0 Å². The topological polar surface area (TPSA) is 93.2 Å². The highest BCUT2D eigenvalue weighted by molar-refractivity contribution is 7.18. The van der Waals surface area contributed by atoms with Crippen LogP contribution in [0.4, 0.5) is 5.13 Å². The van der Waals surface area contributed by atoms with E-state index in [1.54, 1.807) is 19.2 Å². The molecule has 0 aliphatic heterocycles. The fourth-order valence-electron chi connectivity index (χ4n) is 2.87. The summed E-state index contributed by atoms with van der Waals surface area (Å²) in [7, 11) is 1.60. The second-order valence-corrected chi connectivity index (χ2v) is 8.89. The van der Waals surface area contributed by atoms with Gasteiger partial charge >= 0.3 is 0 Å². The summed E-state index contributed by atoms with van der Waals surface area (Å²) in [5.74, 6) is -0.165. The maximum Gasteiger partial charge on any atom is 0.251 e. The van der Waals surface area contributed by atoms with Crippen LogP contribution in [0.5, 0.6) is 5.75 Å². The zero-order chi connectivity index (χ0) is 23.3. The first-order valence-corrected chi connectivity index (χ1v) is 11.4. The van der Waals surface area contributed by atoms with E-state index in [0.29, 0.717) is 27.1 Å². The second kappa shape index (κ2) is 10.8. The van der Waals surface area contributed by atoms with Gasteiger partial charge in [0.25, 0.3) is 5.91 Å². The molecule has 0 saturated carbocycles. The van der Waals surface area contributed by atoms with Crippen molar-refractivity contribution < 1.29 is 14.3 Å². The van der Waals surface area contributed by atoms with Crippen LogP contribution in [0.1, 0.15) is 30.6 Å². The molecular weight excluding hydrogens is 471 g/mol. The number of amides is 2. The molecule has 3 rings (SSSR count). The largest absolute Gasteiger partial charge is 0.497 e. The molecule has 10 heteroatoms. The minimum absolute atomic E-state index is 0.115. The van der Waals surface area contributed by atoms with Crippen molar-refractivity contribution in [2.24, 2.45) is 5.92 Å². The third-order valence-electron chi connectivity index (χ3n) is 4.96. The Labute approximate surface area is 200 Å². The lowest BCUT2D eigenvalue weighted by molar-refractivity contribution is -0.119. The highest BCUT2D eigenvalue weighted by Crippen LogP contribution is 2.28. The number of nitrogens with zero attached hydrogens (tertiary/aromatic N) is 2. The summed E-state index contributed by atoms with van der Waals surface area (Å²) in [6.07, 6.45) is 0.687. The van der Waals surface area contributed by atoms with Crippen molar-refractivity contribution in [1.29, 1.82) is 0 Å². The van der Waals surface area contributed by atoms with Gasteiger partial charge in [0.2, 0.25) is 11.0 Å². The molecule has 168 valence electrons. The highest BCUT2D eigenvalue weighted by atomic mass is 35.5. The van der Waals surface area contributed by atoms with E-state index in [0.717, 1.165) is 11.3 Å². The Kier molecular flexibility index (Phi) is 8.06. The first-order valence-electron chi connectivity index (χ1n) is 9.87. The van der Waals surface area contributed by atoms with Crippen LogP contribution in [0.3, 0.4) is 0 Å². The fraction of sp³-hybridized carbons (Fsp3) is 0.273. The van der Waals surface area contributed by atoms with Gasteiger partial charge in [0.1, 0.15) is 16.8 Å². The zero-order valence-electron chi connectivity index (χ0n) is 17.7. The molecule has 0 saturated heterocycles. The number of nitrogens with one attached hydrogen (secondary N) is 2. The summed E-state index contributed by atoms with van der Waals surface area (Å²) < 4.78 is 5.16. The molecule has 1 aromatic heterocycles. The molecule has 2 unspecified atom stereocenters. The SMILES string of the molecule is CCC(C)C(NC(=O)c1ccc(Cl)c(Cl)c1)C(=O)Nc1nnc(-c2ccc(OC)cc2)s1. The molecule has 32 heavy (non-hydrogen) atoms. The van der Waals surface area contributed by atoms with Crippen LogP contribution in [-0.4, -0.2) is 35.2 Å². The van der Waals surface area contributed by atoms with Gasteiger partial charge in [-0.1, -0.05) is 54.8 Å². The molecule has 0 aliphatic rings. The fourth-order valence-corrected chi connectivity index (χ4v) is 3.92. The van der Waals surface area contributed by atoms with Crippen molar-refractivity contribution in [2.45, 2.75) is 26.3 Å². The highest BCUT2D eigenvalue weighted by Gasteiger charge is 2.27. The quantitative estimate of drug-likeness (QED) is 0.444. The normalized spacial score (nSPS) is 12.7. The first kappa shape index (κ1) is 24.0. The average molecular weight is 493 g/mol. The lowest BCUT2D eigenvalue weighted by atomic mass is 9.98. The van der Waals surface area contributed by atoms with Gasteiger partial charge in [-0.05, 0) is 48.4 Å². The van der Waals surface area contributed by atoms with Gasteiger partial charge in [0.05, 0.1) is 17.2 Å². The van der Waals surface area contributed by atoms with E-state index in [2.05, 4.69) is 20.8 Å². The smallest absolute Gasteiger partial charge is 0.251 e. The van der Waals surface area contributed by atoms with E-state index in [1.807, 2.05) is 38.1 Å². The van der Waals surface area contributed by atoms with Crippen molar-refractivity contribution >= 4 is 51.5 Å². The van der Waals surface area contributed by atoms with Crippen LogP contribution >= 0.6 is 34.5 Å². The van der Waals surface area contributed by atoms with Gasteiger partial charge in [-0.15, -0.1) is 10.2 Å². The van der Waals surface area contributed by atoms with Crippen LogP contribution in [0.2, 0.25) is 10.0 Å².